The summed E-state index contributed by atoms with van der Waals surface area (Å²) in [4.78, 5) is 46.0. The van der Waals surface area contributed by atoms with E-state index in [4.69, 9.17) is 0 Å². The summed E-state index contributed by atoms with van der Waals surface area (Å²) in [7, 11) is 0. The molecule has 29 heavy (non-hydrogen) atoms. The van der Waals surface area contributed by atoms with Gasteiger partial charge in [0.25, 0.3) is 5.56 Å². The van der Waals surface area contributed by atoms with Crippen LogP contribution >= 0.6 is 22.7 Å². The minimum Gasteiger partial charge on any atom is -0.478 e. The molecule has 0 spiro atoms. The zero-order valence-corrected chi connectivity index (χ0v) is 16.7. The summed E-state index contributed by atoms with van der Waals surface area (Å²) in [6.07, 6.45) is 1.56. The van der Waals surface area contributed by atoms with Crippen LogP contribution in [0, 0.1) is 6.92 Å². The first-order valence-corrected chi connectivity index (χ1v) is 10.2. The van der Waals surface area contributed by atoms with E-state index in [1.54, 1.807) is 11.6 Å². The van der Waals surface area contributed by atoms with E-state index in [2.05, 4.69) is 15.3 Å². The van der Waals surface area contributed by atoms with Crippen molar-refractivity contribution in [3.05, 3.63) is 62.7 Å². The Morgan fingerprint density at radius 3 is 2.62 bits per heavy atom. The second kappa shape index (κ2) is 7.57. The van der Waals surface area contributed by atoms with Gasteiger partial charge in [0.2, 0.25) is 5.91 Å². The molecular weight excluding hydrogens is 412 g/mol. The quantitative estimate of drug-likeness (QED) is 0.506. The number of fused-ring (bicyclic) bond motifs is 1. The predicted molar refractivity (Wildman–Crippen MR) is 112 cm³/mol. The molecule has 0 radical (unpaired) electrons. The van der Waals surface area contributed by atoms with Gasteiger partial charge in [-0.25, -0.2) is 14.8 Å². The Hall–Kier alpha value is -3.37. The lowest BCUT2D eigenvalue weighted by Crippen LogP contribution is -2.30. The largest absolute Gasteiger partial charge is 0.478 e. The van der Waals surface area contributed by atoms with Crippen LogP contribution < -0.4 is 10.9 Å². The average Bonchev–Trinajstić information content (AvgIpc) is 3.34. The van der Waals surface area contributed by atoms with Crippen LogP contribution in [0.3, 0.4) is 0 Å². The van der Waals surface area contributed by atoms with Gasteiger partial charge in [0, 0.05) is 22.5 Å². The van der Waals surface area contributed by atoms with E-state index in [1.165, 1.54) is 21.3 Å². The summed E-state index contributed by atoms with van der Waals surface area (Å²) >= 11 is 2.34. The maximum absolute atomic E-state index is 13.2. The molecule has 3 aromatic heterocycles. The first-order valence-electron chi connectivity index (χ1n) is 8.46. The number of aromatic nitrogens is 3. The van der Waals surface area contributed by atoms with Crippen molar-refractivity contribution in [2.45, 2.75) is 13.5 Å². The Morgan fingerprint density at radius 2 is 1.97 bits per heavy atom. The van der Waals surface area contributed by atoms with E-state index in [0.29, 0.717) is 21.3 Å². The zero-order valence-electron chi connectivity index (χ0n) is 15.1. The molecule has 0 aliphatic heterocycles. The summed E-state index contributed by atoms with van der Waals surface area (Å²) in [5.74, 6) is -1.36. The number of thiazole rings is 1. The highest BCUT2D eigenvalue weighted by Crippen LogP contribution is 2.25. The van der Waals surface area contributed by atoms with Gasteiger partial charge in [-0.15, -0.1) is 22.7 Å². The number of carbonyl (C=O) groups excluding carboxylic acids is 1. The number of anilines is 1. The van der Waals surface area contributed by atoms with Crippen molar-refractivity contribution < 1.29 is 14.7 Å². The second-order valence-corrected chi connectivity index (χ2v) is 7.97. The van der Waals surface area contributed by atoms with Crippen LogP contribution in [0.15, 0.2) is 46.0 Å². The SMILES string of the molecule is Cc1ccc(-c2nc3scc(C(=O)O)c3c(=O)n2CC(=O)Nc2nccs2)cc1. The highest BCUT2D eigenvalue weighted by molar-refractivity contribution is 7.17. The molecule has 4 rings (SSSR count). The number of rotatable bonds is 5. The van der Waals surface area contributed by atoms with Crippen molar-refractivity contribution in [1.29, 1.82) is 0 Å². The highest BCUT2D eigenvalue weighted by Gasteiger charge is 2.21. The number of amides is 1. The van der Waals surface area contributed by atoms with Gasteiger partial charge in [-0.2, -0.15) is 0 Å². The molecule has 1 aromatic carbocycles. The molecule has 3 heterocycles. The molecule has 0 saturated carbocycles. The number of aryl methyl sites for hydroxylation is 1. The first-order chi connectivity index (χ1) is 13.9. The van der Waals surface area contributed by atoms with Gasteiger partial charge >= 0.3 is 5.97 Å². The van der Waals surface area contributed by atoms with Crippen LogP contribution in [-0.2, 0) is 11.3 Å². The van der Waals surface area contributed by atoms with Crippen LogP contribution in [-0.4, -0.2) is 31.5 Å². The molecule has 0 unspecified atom stereocenters. The summed E-state index contributed by atoms with van der Waals surface area (Å²) in [5.41, 5.74) is 1.00. The molecule has 0 fully saturated rings. The molecule has 4 aromatic rings. The smallest absolute Gasteiger partial charge is 0.337 e. The number of benzene rings is 1. The lowest BCUT2D eigenvalue weighted by atomic mass is 10.1. The number of nitrogens with one attached hydrogen (secondary N) is 1. The third kappa shape index (κ3) is 3.67. The van der Waals surface area contributed by atoms with Crippen molar-refractivity contribution >= 4 is 49.9 Å². The minimum absolute atomic E-state index is 0.000380. The third-order valence-corrected chi connectivity index (χ3v) is 5.78. The Balaban J connectivity index is 1.87. The third-order valence-electron chi connectivity index (χ3n) is 4.21. The molecule has 1 amide bonds. The van der Waals surface area contributed by atoms with E-state index < -0.39 is 17.4 Å². The Kier molecular flexibility index (Phi) is 4.95. The van der Waals surface area contributed by atoms with E-state index in [1.807, 2.05) is 31.2 Å². The fraction of sp³-hybridized carbons (Fsp3) is 0.105. The van der Waals surface area contributed by atoms with Crippen LogP contribution in [0.4, 0.5) is 5.13 Å². The Morgan fingerprint density at radius 1 is 1.21 bits per heavy atom. The predicted octanol–water partition coefficient (Wildman–Crippen LogP) is 3.23. The van der Waals surface area contributed by atoms with Crippen molar-refractivity contribution in [1.82, 2.24) is 14.5 Å². The van der Waals surface area contributed by atoms with Crippen LogP contribution in [0.5, 0.6) is 0 Å². The number of carboxylic acids is 1. The van der Waals surface area contributed by atoms with Gasteiger partial charge in [-0.3, -0.25) is 14.2 Å². The molecule has 2 N–H and O–H groups in total. The zero-order chi connectivity index (χ0) is 20.5. The minimum atomic E-state index is -1.21. The number of carboxylic acid groups (broad SMARTS) is 1. The fourth-order valence-corrected chi connectivity index (χ4v) is 4.29. The Labute approximate surface area is 172 Å². The topological polar surface area (TPSA) is 114 Å². The van der Waals surface area contributed by atoms with Gasteiger partial charge in [0.15, 0.2) is 5.13 Å². The maximum atomic E-state index is 13.2. The van der Waals surface area contributed by atoms with E-state index in [-0.39, 0.29) is 17.5 Å². The van der Waals surface area contributed by atoms with Crippen molar-refractivity contribution in [2.75, 3.05) is 5.32 Å². The fourth-order valence-electron chi connectivity index (χ4n) is 2.84. The maximum Gasteiger partial charge on any atom is 0.337 e. The molecule has 0 atom stereocenters. The number of carbonyl (C=O) groups is 2. The normalized spacial score (nSPS) is 10.9. The van der Waals surface area contributed by atoms with Gasteiger partial charge < -0.3 is 10.4 Å². The van der Waals surface area contributed by atoms with E-state index in [0.717, 1.165) is 16.9 Å². The standard InChI is InChI=1S/C19H14N4O4S2/c1-10-2-4-11(5-3-10)15-22-16-14(12(9-29-16)18(26)27)17(25)23(15)8-13(24)21-19-20-6-7-28-19/h2-7,9H,8H2,1H3,(H,26,27)(H,20,21,24). The van der Waals surface area contributed by atoms with Gasteiger partial charge in [0.05, 0.1) is 10.9 Å². The van der Waals surface area contributed by atoms with Crippen LogP contribution in [0.2, 0.25) is 0 Å². The van der Waals surface area contributed by atoms with Crippen LogP contribution in [0.25, 0.3) is 21.6 Å². The number of aromatic carboxylic acids is 1. The van der Waals surface area contributed by atoms with Crippen molar-refractivity contribution in [2.24, 2.45) is 0 Å². The highest BCUT2D eigenvalue weighted by atomic mass is 32.1. The Bertz CT molecular complexity index is 1270. The summed E-state index contributed by atoms with van der Waals surface area (Å²) in [6.45, 7) is 1.62. The second-order valence-electron chi connectivity index (χ2n) is 6.21. The van der Waals surface area contributed by atoms with Gasteiger partial charge in [-0.1, -0.05) is 29.8 Å². The monoisotopic (exact) mass is 426 g/mol. The summed E-state index contributed by atoms with van der Waals surface area (Å²) < 4.78 is 1.20. The summed E-state index contributed by atoms with van der Waals surface area (Å²) in [5, 5.41) is 15.6. The molecular formula is C19H14N4O4S2. The lowest BCUT2D eigenvalue weighted by molar-refractivity contribution is -0.116. The molecule has 0 saturated heterocycles. The summed E-state index contributed by atoms with van der Waals surface area (Å²) in [6, 6.07) is 7.37. The lowest BCUT2D eigenvalue weighted by Gasteiger charge is -2.12. The molecule has 8 nitrogen and oxygen atoms in total. The average molecular weight is 426 g/mol. The van der Waals surface area contributed by atoms with E-state index in [9.17, 15) is 19.5 Å². The van der Waals surface area contributed by atoms with Crippen molar-refractivity contribution in [3.8, 4) is 11.4 Å². The van der Waals surface area contributed by atoms with Crippen molar-refractivity contribution in [3.63, 3.8) is 0 Å². The molecule has 0 aliphatic rings. The number of nitrogens with zero attached hydrogens (tertiary/aromatic N) is 3. The molecule has 0 bridgehead atoms. The number of hydrogen-bond acceptors (Lipinski definition) is 7. The van der Waals surface area contributed by atoms with Gasteiger partial charge in [0.1, 0.15) is 17.2 Å². The number of hydrogen-bond donors (Lipinski definition) is 2. The first kappa shape index (κ1) is 19.0. The molecule has 146 valence electrons. The van der Waals surface area contributed by atoms with Crippen LogP contribution in [0.1, 0.15) is 15.9 Å². The molecule has 0 aliphatic carbocycles. The van der Waals surface area contributed by atoms with E-state index >= 15 is 0 Å². The van der Waals surface area contributed by atoms with Gasteiger partial charge in [-0.05, 0) is 6.92 Å². The number of thiophene rings is 1. The molecule has 10 heteroatoms.